The van der Waals surface area contributed by atoms with Gasteiger partial charge in [-0.3, -0.25) is 9.59 Å². The van der Waals surface area contributed by atoms with Crippen molar-refractivity contribution in [2.24, 2.45) is 10.9 Å². The van der Waals surface area contributed by atoms with E-state index < -0.39 is 12.0 Å². The number of amidine groups is 1. The van der Waals surface area contributed by atoms with Gasteiger partial charge >= 0.3 is 11.9 Å². The lowest BCUT2D eigenvalue weighted by molar-refractivity contribution is -0.151. The summed E-state index contributed by atoms with van der Waals surface area (Å²) >= 11 is 7.56. The van der Waals surface area contributed by atoms with Crippen LogP contribution in [0.5, 0.6) is 0 Å². The third kappa shape index (κ3) is 5.93. The van der Waals surface area contributed by atoms with Gasteiger partial charge in [0.1, 0.15) is 6.61 Å². The van der Waals surface area contributed by atoms with Crippen molar-refractivity contribution in [3.05, 3.63) is 69.9 Å². The number of benzene rings is 1. The van der Waals surface area contributed by atoms with E-state index in [0.29, 0.717) is 47.6 Å². The van der Waals surface area contributed by atoms with Gasteiger partial charge in [0.2, 0.25) is 5.91 Å². The Morgan fingerprint density at radius 2 is 2.00 bits per heavy atom. The molecular weight excluding hydrogens is 514 g/mol. The maximum atomic E-state index is 13.4. The third-order valence-electron chi connectivity index (χ3n) is 6.46. The molecule has 3 aliphatic heterocycles. The largest absolute Gasteiger partial charge is 0.466 e. The minimum atomic E-state index is -0.537. The first-order valence-corrected chi connectivity index (χ1v) is 13.5. The van der Waals surface area contributed by atoms with Crippen molar-refractivity contribution < 1.29 is 23.9 Å². The van der Waals surface area contributed by atoms with E-state index in [-0.39, 0.29) is 30.8 Å². The van der Waals surface area contributed by atoms with E-state index in [2.05, 4.69) is 11.6 Å². The molecule has 1 fully saturated rings. The van der Waals surface area contributed by atoms with Crippen molar-refractivity contribution in [3.8, 4) is 0 Å². The first-order valence-electron chi connectivity index (χ1n) is 12.3. The highest BCUT2D eigenvalue weighted by molar-refractivity contribution is 8.16. The number of amides is 1. The van der Waals surface area contributed by atoms with Crippen LogP contribution >= 0.6 is 23.4 Å². The molecule has 10 heteroatoms. The van der Waals surface area contributed by atoms with Crippen LogP contribution in [0.2, 0.25) is 5.02 Å². The second-order valence-corrected chi connectivity index (χ2v) is 10.2. The Morgan fingerprint density at radius 1 is 1.24 bits per heavy atom. The van der Waals surface area contributed by atoms with E-state index >= 15 is 0 Å². The Morgan fingerprint density at radius 3 is 2.70 bits per heavy atom. The molecule has 3 heterocycles. The van der Waals surface area contributed by atoms with E-state index in [1.807, 2.05) is 22.4 Å². The van der Waals surface area contributed by atoms with Crippen molar-refractivity contribution in [3.63, 3.8) is 0 Å². The van der Waals surface area contributed by atoms with Gasteiger partial charge in [-0.05, 0) is 49.8 Å². The Labute approximate surface area is 226 Å². The number of carbonyl (C=O) groups is 3. The summed E-state index contributed by atoms with van der Waals surface area (Å²) in [6.07, 6.45) is 3.08. The first kappa shape index (κ1) is 27.0. The van der Waals surface area contributed by atoms with Gasteiger partial charge in [-0.2, -0.15) is 0 Å². The second-order valence-electron chi connectivity index (χ2n) is 8.94. The fourth-order valence-corrected chi connectivity index (χ4v) is 5.82. The highest BCUT2D eigenvalue weighted by Crippen LogP contribution is 2.45. The number of allylic oxidation sites excluding steroid dienone is 1. The standard InChI is InChI=1S/C27H30ClN3O5S/c1-4-13-36-26(34)23-17(3)29-27-31(24(23)18-8-10-20(28)11-9-18)21(16-37-27)14-22(32)30-12-6-7-19(15-30)25(33)35-5-2/h4,8-11,16,19,24H,1,5-7,12-15H2,2-3H3/t19-,24+/m1/s1. The monoisotopic (exact) mass is 543 g/mol. The molecule has 0 bridgehead atoms. The number of esters is 2. The maximum absolute atomic E-state index is 13.4. The molecule has 1 aromatic rings. The smallest absolute Gasteiger partial charge is 0.338 e. The van der Waals surface area contributed by atoms with Gasteiger partial charge < -0.3 is 19.3 Å². The predicted octanol–water partition coefficient (Wildman–Crippen LogP) is 4.84. The molecule has 0 saturated carbocycles. The lowest BCUT2D eigenvalue weighted by atomic mass is 9.93. The minimum Gasteiger partial charge on any atom is -0.466 e. The van der Waals surface area contributed by atoms with Crippen molar-refractivity contribution in [1.82, 2.24) is 9.80 Å². The zero-order chi connectivity index (χ0) is 26.5. The normalized spacial score (nSPS) is 21.2. The van der Waals surface area contributed by atoms with Gasteiger partial charge in [-0.25, -0.2) is 9.79 Å². The Balaban J connectivity index is 1.60. The van der Waals surface area contributed by atoms with Crippen molar-refractivity contribution in [2.75, 3.05) is 26.3 Å². The van der Waals surface area contributed by atoms with Crippen molar-refractivity contribution in [2.45, 2.75) is 39.2 Å². The summed E-state index contributed by atoms with van der Waals surface area (Å²) in [6.45, 7) is 8.52. The number of thioether (sulfide) groups is 1. The Hall–Kier alpha value is -3.04. The number of hydrogen-bond acceptors (Lipinski definition) is 8. The lowest BCUT2D eigenvalue weighted by Gasteiger charge is -2.37. The summed E-state index contributed by atoms with van der Waals surface area (Å²) in [4.78, 5) is 47.1. The summed E-state index contributed by atoms with van der Waals surface area (Å²) < 4.78 is 10.6. The molecule has 0 spiro atoms. The number of ether oxygens (including phenoxy) is 2. The van der Waals surface area contributed by atoms with E-state index in [1.54, 1.807) is 30.9 Å². The molecule has 8 nitrogen and oxygen atoms in total. The SMILES string of the molecule is C=CCOC(=O)C1=C(C)N=C2SC=C(CC(=O)N3CCC[C@@H](C(=O)OCC)C3)N2[C@H]1c1ccc(Cl)cc1. The fraction of sp³-hybridized carbons (Fsp3) is 0.407. The average molecular weight is 544 g/mol. The van der Waals surface area contributed by atoms with Gasteiger partial charge in [-0.1, -0.05) is 48.2 Å². The third-order valence-corrected chi connectivity index (χ3v) is 7.61. The first-order chi connectivity index (χ1) is 17.8. The lowest BCUT2D eigenvalue weighted by Crippen LogP contribution is -2.44. The fourth-order valence-electron chi connectivity index (χ4n) is 4.73. The molecule has 1 saturated heterocycles. The number of rotatable bonds is 8. The van der Waals surface area contributed by atoms with Gasteiger partial charge in [-0.15, -0.1) is 0 Å². The summed E-state index contributed by atoms with van der Waals surface area (Å²) in [5.74, 6) is -1.14. The molecule has 0 aromatic heterocycles. The summed E-state index contributed by atoms with van der Waals surface area (Å²) in [6, 6.07) is 6.73. The molecule has 196 valence electrons. The van der Waals surface area contributed by atoms with Crippen LogP contribution in [-0.4, -0.2) is 59.1 Å². The summed E-state index contributed by atoms with van der Waals surface area (Å²) in [5, 5.41) is 3.16. The van der Waals surface area contributed by atoms with Crippen LogP contribution in [0.25, 0.3) is 0 Å². The molecular formula is C27H30ClN3O5S. The number of likely N-dealkylation sites (tertiary alicyclic amines) is 1. The molecule has 2 atom stereocenters. The molecule has 0 radical (unpaired) electrons. The molecule has 1 aromatic carbocycles. The van der Waals surface area contributed by atoms with Gasteiger partial charge in [0, 0.05) is 23.8 Å². The average Bonchev–Trinajstić information content (AvgIpc) is 3.28. The van der Waals surface area contributed by atoms with E-state index in [1.165, 1.54) is 17.8 Å². The minimum absolute atomic E-state index is 0.0754. The van der Waals surface area contributed by atoms with E-state index in [4.69, 9.17) is 21.1 Å². The predicted molar refractivity (Wildman–Crippen MR) is 144 cm³/mol. The molecule has 37 heavy (non-hydrogen) atoms. The van der Waals surface area contributed by atoms with Crippen LogP contribution in [-0.2, 0) is 23.9 Å². The van der Waals surface area contributed by atoms with Crippen LogP contribution in [0.1, 0.15) is 44.7 Å². The number of nitrogens with zero attached hydrogens (tertiary/aromatic N) is 3. The summed E-state index contributed by atoms with van der Waals surface area (Å²) in [5.41, 5.74) is 2.51. The van der Waals surface area contributed by atoms with Crippen LogP contribution < -0.4 is 0 Å². The highest BCUT2D eigenvalue weighted by Gasteiger charge is 2.41. The van der Waals surface area contributed by atoms with Crippen LogP contribution in [0.15, 0.2) is 64.3 Å². The quantitative estimate of drug-likeness (QED) is 0.342. The number of hydrogen-bond donors (Lipinski definition) is 0. The zero-order valence-electron chi connectivity index (χ0n) is 20.9. The van der Waals surface area contributed by atoms with Crippen molar-refractivity contribution >= 4 is 46.4 Å². The maximum Gasteiger partial charge on any atom is 0.338 e. The number of piperidine rings is 1. The Kier molecular flexibility index (Phi) is 8.76. The van der Waals surface area contributed by atoms with Crippen molar-refractivity contribution in [1.29, 1.82) is 0 Å². The molecule has 0 unspecified atom stereocenters. The molecule has 0 aliphatic carbocycles. The topological polar surface area (TPSA) is 88.5 Å². The van der Waals surface area contributed by atoms with Gasteiger partial charge in [0.15, 0.2) is 5.17 Å². The summed E-state index contributed by atoms with van der Waals surface area (Å²) in [7, 11) is 0. The molecule has 3 aliphatic rings. The highest BCUT2D eigenvalue weighted by atomic mass is 35.5. The number of halogens is 1. The number of aliphatic imine (C=N–C) groups is 1. The van der Waals surface area contributed by atoms with Gasteiger partial charge in [0.05, 0.1) is 36.3 Å². The second kappa shape index (κ2) is 12.0. The Bertz CT molecular complexity index is 1180. The van der Waals surface area contributed by atoms with E-state index in [0.717, 1.165) is 17.7 Å². The van der Waals surface area contributed by atoms with Crippen LogP contribution in [0.4, 0.5) is 0 Å². The van der Waals surface area contributed by atoms with Crippen LogP contribution in [0.3, 0.4) is 0 Å². The molecule has 0 N–H and O–H groups in total. The molecule has 4 rings (SSSR count). The van der Waals surface area contributed by atoms with E-state index in [9.17, 15) is 14.4 Å². The van der Waals surface area contributed by atoms with Crippen LogP contribution in [0, 0.1) is 5.92 Å². The zero-order valence-corrected chi connectivity index (χ0v) is 22.5. The molecule has 1 amide bonds. The van der Waals surface area contributed by atoms with Gasteiger partial charge in [0.25, 0.3) is 0 Å². The number of fused-ring (bicyclic) bond motifs is 1. The number of carbonyl (C=O) groups excluding carboxylic acids is 3.